The van der Waals surface area contributed by atoms with Crippen LogP contribution >= 0.6 is 0 Å². The molecule has 1 heterocycles. The van der Waals surface area contributed by atoms with Gasteiger partial charge in [0.05, 0.1) is 0 Å². The van der Waals surface area contributed by atoms with Gasteiger partial charge in [-0.3, -0.25) is 0 Å². The number of piperazine rings is 1. The van der Waals surface area contributed by atoms with E-state index in [0.717, 1.165) is 37.4 Å². The fourth-order valence-corrected chi connectivity index (χ4v) is 3.45. The largest absolute Gasteiger partial charge is 0.368 e. The smallest absolute Gasteiger partial charge is 0.321 e. The number of anilines is 2. The van der Waals surface area contributed by atoms with Gasteiger partial charge in [-0.05, 0) is 35.6 Å². The van der Waals surface area contributed by atoms with Crippen molar-refractivity contribution in [3.8, 4) is 0 Å². The maximum atomic E-state index is 12.8. The lowest BCUT2D eigenvalue weighted by Gasteiger charge is -2.36. The Hall–Kier alpha value is -2.49. The number of para-hydroxylation sites is 2. The molecule has 0 saturated carbocycles. The third-order valence-corrected chi connectivity index (χ3v) is 5.00. The summed E-state index contributed by atoms with van der Waals surface area (Å²) < 4.78 is 0. The Kier molecular flexibility index (Phi) is 5.21. The van der Waals surface area contributed by atoms with Crippen molar-refractivity contribution in [1.29, 1.82) is 0 Å². The molecule has 3 rings (SSSR count). The second kappa shape index (κ2) is 7.40. The summed E-state index contributed by atoms with van der Waals surface area (Å²) in [6, 6.07) is 16.6. The molecule has 4 heteroatoms. The fourth-order valence-electron chi connectivity index (χ4n) is 3.45. The van der Waals surface area contributed by atoms with Gasteiger partial charge in [0, 0.05) is 37.6 Å². The van der Waals surface area contributed by atoms with Gasteiger partial charge in [0.1, 0.15) is 0 Å². The van der Waals surface area contributed by atoms with Crippen molar-refractivity contribution < 1.29 is 4.79 Å². The second-order valence-electron chi connectivity index (χ2n) is 7.99. The van der Waals surface area contributed by atoms with E-state index in [4.69, 9.17) is 0 Å². The van der Waals surface area contributed by atoms with Gasteiger partial charge in [0.2, 0.25) is 0 Å². The highest BCUT2D eigenvalue weighted by molar-refractivity contribution is 5.91. The van der Waals surface area contributed by atoms with E-state index in [1.165, 1.54) is 11.3 Å². The van der Waals surface area contributed by atoms with Crippen LogP contribution in [0.5, 0.6) is 0 Å². The quantitative estimate of drug-likeness (QED) is 0.855. The van der Waals surface area contributed by atoms with Crippen LogP contribution in [0.15, 0.2) is 48.5 Å². The van der Waals surface area contributed by atoms with Crippen molar-refractivity contribution in [3.05, 3.63) is 59.7 Å². The molecular formula is C22H29N3O. The van der Waals surface area contributed by atoms with E-state index < -0.39 is 0 Å². The third kappa shape index (κ3) is 4.01. The number of benzene rings is 2. The van der Waals surface area contributed by atoms with E-state index in [0.29, 0.717) is 0 Å². The predicted octanol–water partition coefficient (Wildman–Crippen LogP) is 4.65. The van der Waals surface area contributed by atoms with E-state index in [-0.39, 0.29) is 11.4 Å². The van der Waals surface area contributed by atoms with Gasteiger partial charge in [-0.1, -0.05) is 57.2 Å². The SMILES string of the molecule is Cc1cccc(C(C)(C)C)c1NC(=O)N1CCN(c2ccccc2)CC1. The molecule has 0 spiro atoms. The molecule has 0 bridgehead atoms. The molecule has 0 atom stereocenters. The summed E-state index contributed by atoms with van der Waals surface area (Å²) in [6.45, 7) is 11.8. The van der Waals surface area contributed by atoms with E-state index >= 15 is 0 Å². The summed E-state index contributed by atoms with van der Waals surface area (Å²) in [7, 11) is 0. The van der Waals surface area contributed by atoms with Gasteiger partial charge >= 0.3 is 6.03 Å². The van der Waals surface area contributed by atoms with E-state index in [1.54, 1.807) is 0 Å². The predicted molar refractivity (Wildman–Crippen MR) is 109 cm³/mol. The van der Waals surface area contributed by atoms with Crippen LogP contribution in [0.25, 0.3) is 0 Å². The molecular weight excluding hydrogens is 322 g/mol. The van der Waals surface area contributed by atoms with Crippen molar-refractivity contribution in [1.82, 2.24) is 4.90 Å². The van der Waals surface area contributed by atoms with E-state index in [2.05, 4.69) is 80.4 Å². The highest BCUT2D eigenvalue weighted by Gasteiger charge is 2.24. The molecule has 2 aromatic rings. The summed E-state index contributed by atoms with van der Waals surface area (Å²) in [5.41, 5.74) is 4.44. The van der Waals surface area contributed by atoms with Crippen molar-refractivity contribution >= 4 is 17.4 Å². The van der Waals surface area contributed by atoms with Crippen LogP contribution in [0.3, 0.4) is 0 Å². The number of nitrogens with one attached hydrogen (secondary N) is 1. The first-order valence-electron chi connectivity index (χ1n) is 9.32. The minimum Gasteiger partial charge on any atom is -0.368 e. The van der Waals surface area contributed by atoms with Gasteiger partial charge in [0.15, 0.2) is 0 Å². The number of amides is 2. The lowest BCUT2D eigenvalue weighted by molar-refractivity contribution is 0.208. The Labute approximate surface area is 156 Å². The average Bonchev–Trinajstić information content (AvgIpc) is 2.63. The van der Waals surface area contributed by atoms with Crippen molar-refractivity contribution in [2.75, 3.05) is 36.4 Å². The zero-order valence-electron chi connectivity index (χ0n) is 16.2. The monoisotopic (exact) mass is 351 g/mol. The summed E-state index contributed by atoms with van der Waals surface area (Å²) in [6.07, 6.45) is 0. The summed E-state index contributed by atoms with van der Waals surface area (Å²) in [4.78, 5) is 17.1. The number of carbonyl (C=O) groups is 1. The molecule has 2 amide bonds. The van der Waals surface area contributed by atoms with Crippen LogP contribution in [0.1, 0.15) is 31.9 Å². The highest BCUT2D eigenvalue weighted by Crippen LogP contribution is 2.32. The number of nitrogens with zero attached hydrogens (tertiary/aromatic N) is 2. The van der Waals surface area contributed by atoms with Crippen LogP contribution in [0.2, 0.25) is 0 Å². The second-order valence-corrected chi connectivity index (χ2v) is 7.99. The van der Waals surface area contributed by atoms with Gasteiger partial charge in [-0.15, -0.1) is 0 Å². The summed E-state index contributed by atoms with van der Waals surface area (Å²) in [5.74, 6) is 0. The van der Waals surface area contributed by atoms with Crippen LogP contribution in [-0.2, 0) is 5.41 Å². The van der Waals surface area contributed by atoms with Crippen molar-refractivity contribution in [2.45, 2.75) is 33.1 Å². The van der Waals surface area contributed by atoms with Crippen LogP contribution in [0, 0.1) is 6.92 Å². The number of carbonyl (C=O) groups excluding carboxylic acids is 1. The fraction of sp³-hybridized carbons (Fsp3) is 0.409. The number of rotatable bonds is 2. The van der Waals surface area contributed by atoms with Crippen LogP contribution in [0.4, 0.5) is 16.2 Å². The molecule has 2 aromatic carbocycles. The lowest BCUT2D eigenvalue weighted by atomic mass is 9.84. The number of urea groups is 1. The average molecular weight is 351 g/mol. The molecule has 0 unspecified atom stereocenters. The molecule has 1 aliphatic rings. The molecule has 1 N–H and O–H groups in total. The zero-order valence-corrected chi connectivity index (χ0v) is 16.2. The molecule has 0 aliphatic carbocycles. The molecule has 1 saturated heterocycles. The van der Waals surface area contributed by atoms with Gasteiger partial charge in [-0.2, -0.15) is 0 Å². The first-order chi connectivity index (χ1) is 12.4. The molecule has 0 aromatic heterocycles. The summed E-state index contributed by atoms with van der Waals surface area (Å²) in [5, 5.41) is 3.18. The first kappa shape index (κ1) is 18.3. The van der Waals surface area contributed by atoms with Crippen molar-refractivity contribution in [3.63, 3.8) is 0 Å². The molecule has 1 fully saturated rings. The Morgan fingerprint density at radius 3 is 2.19 bits per heavy atom. The highest BCUT2D eigenvalue weighted by atomic mass is 16.2. The minimum atomic E-state index is -0.0133. The Morgan fingerprint density at radius 2 is 1.58 bits per heavy atom. The van der Waals surface area contributed by atoms with E-state index in [9.17, 15) is 4.79 Å². The lowest BCUT2D eigenvalue weighted by Crippen LogP contribution is -2.50. The number of hydrogen-bond donors (Lipinski definition) is 1. The standard InChI is InChI=1S/C22H29N3O/c1-17-9-8-12-19(22(2,3)4)20(17)23-21(26)25-15-13-24(14-16-25)18-10-6-5-7-11-18/h5-12H,13-16H2,1-4H3,(H,23,26). The maximum Gasteiger partial charge on any atom is 0.321 e. The third-order valence-electron chi connectivity index (χ3n) is 5.00. The number of hydrogen-bond acceptors (Lipinski definition) is 2. The molecule has 0 radical (unpaired) electrons. The number of aryl methyl sites for hydroxylation is 1. The van der Waals surface area contributed by atoms with Gasteiger partial charge < -0.3 is 15.1 Å². The van der Waals surface area contributed by atoms with Crippen molar-refractivity contribution in [2.24, 2.45) is 0 Å². The first-order valence-corrected chi connectivity index (χ1v) is 9.32. The maximum absolute atomic E-state index is 12.8. The Balaban J connectivity index is 1.67. The molecule has 1 aliphatic heterocycles. The minimum absolute atomic E-state index is 0.00230. The molecule has 26 heavy (non-hydrogen) atoms. The van der Waals surface area contributed by atoms with Crippen LogP contribution < -0.4 is 10.2 Å². The van der Waals surface area contributed by atoms with Gasteiger partial charge in [-0.25, -0.2) is 4.79 Å². The van der Waals surface area contributed by atoms with Gasteiger partial charge in [0.25, 0.3) is 0 Å². The molecule has 138 valence electrons. The summed E-state index contributed by atoms with van der Waals surface area (Å²) >= 11 is 0. The zero-order chi connectivity index (χ0) is 18.7. The topological polar surface area (TPSA) is 35.6 Å². The molecule has 4 nitrogen and oxygen atoms in total. The van der Waals surface area contributed by atoms with Crippen LogP contribution in [-0.4, -0.2) is 37.1 Å². The Bertz CT molecular complexity index is 757. The Morgan fingerprint density at radius 1 is 0.923 bits per heavy atom. The van der Waals surface area contributed by atoms with E-state index in [1.807, 2.05) is 11.0 Å². The normalized spacial score (nSPS) is 15.1.